The molecule has 0 N–H and O–H groups in total. The zero-order valence-electron chi connectivity index (χ0n) is 22.0. The topological polar surface area (TPSA) is 115 Å². The van der Waals surface area contributed by atoms with E-state index in [0.717, 1.165) is 44.7 Å². The zero-order valence-corrected chi connectivity index (χ0v) is 24.5. The predicted octanol–water partition coefficient (Wildman–Crippen LogP) is 4.38. The third-order valence-corrected chi connectivity index (χ3v) is 10.2. The fraction of sp³-hybridized carbons (Fsp3) is 0.185. The van der Waals surface area contributed by atoms with Crippen LogP contribution in [0.4, 0.5) is 9.59 Å². The maximum Gasteiger partial charge on any atom is 0.333 e. The van der Waals surface area contributed by atoms with Crippen molar-refractivity contribution in [2.75, 3.05) is 28.2 Å². The summed E-state index contributed by atoms with van der Waals surface area (Å²) < 4.78 is 0. The normalized spacial score (nSPS) is 16.6. The second-order valence-corrected chi connectivity index (χ2v) is 12.4. The van der Waals surface area contributed by atoms with Gasteiger partial charge in [0.25, 0.3) is 23.6 Å². The number of rotatable bonds is 4. The fourth-order valence-corrected chi connectivity index (χ4v) is 7.53. The van der Waals surface area contributed by atoms with E-state index in [2.05, 4.69) is 6.07 Å². The van der Waals surface area contributed by atoms with Gasteiger partial charge in [-0.25, -0.2) is 9.59 Å². The molecule has 0 aliphatic carbocycles. The zero-order chi connectivity index (χ0) is 29.0. The maximum absolute atomic E-state index is 12.5. The van der Waals surface area contributed by atoms with Crippen molar-refractivity contribution in [2.24, 2.45) is 0 Å². The highest BCUT2D eigenvalue weighted by Gasteiger charge is 2.39. The Kier molecular flexibility index (Phi) is 6.90. The second kappa shape index (κ2) is 10.1. The minimum absolute atomic E-state index is 0.0708. The van der Waals surface area contributed by atoms with Crippen LogP contribution in [-0.2, 0) is 19.2 Å². The van der Waals surface area contributed by atoms with Crippen LogP contribution in [0.15, 0.2) is 41.5 Å². The lowest BCUT2D eigenvalue weighted by molar-refractivity contribution is -0.135. The van der Waals surface area contributed by atoms with Crippen LogP contribution in [0, 0.1) is 6.92 Å². The smallest absolute Gasteiger partial charge is 0.268 e. The number of carbonyl (C=O) groups is 6. The molecular weight excluding hydrogens is 573 g/mol. The van der Waals surface area contributed by atoms with E-state index in [1.807, 2.05) is 31.2 Å². The summed E-state index contributed by atoms with van der Waals surface area (Å²) in [6.45, 7) is 2.00. The third-order valence-electron chi connectivity index (χ3n) is 6.50. The van der Waals surface area contributed by atoms with Gasteiger partial charge in [-0.2, -0.15) is 0 Å². The Hall–Kier alpha value is -4.20. The van der Waals surface area contributed by atoms with Crippen LogP contribution in [-0.4, -0.2) is 83.5 Å². The molecular formula is C27H22N4O6S3. The first-order chi connectivity index (χ1) is 18.9. The average Bonchev–Trinajstić information content (AvgIpc) is 3.69. The Bertz CT molecular complexity index is 1660. The standard InChI is InChI=1S/C27H22N4O6S3/c1-13-10-20(18-8-6-14(38-18)11-16-22(32)28(2)26(36)29(3)23(16)33)40-21(13)19-9-7-15(39-19)12-17-24(34)30(4)27(37)31(5)25(17)35/h6-12H,1-5H3. The number of barbiturate groups is 2. The van der Waals surface area contributed by atoms with Crippen molar-refractivity contribution in [2.45, 2.75) is 6.92 Å². The SMILES string of the molecule is Cc1cc(-c2ccc(C=C3C(=O)N(C)C(=O)N(C)C3=O)s2)sc1-c1ccc(C=C2C(=O)N(C)C(=O)N(C)C2=O)s1. The van der Waals surface area contributed by atoms with Gasteiger partial charge in [0.15, 0.2) is 0 Å². The molecule has 0 radical (unpaired) electrons. The number of likely N-dealkylation sites (N-methyl/N-ethyl adjacent to an activating group) is 4. The summed E-state index contributed by atoms with van der Waals surface area (Å²) in [7, 11) is 5.36. The van der Waals surface area contributed by atoms with E-state index in [9.17, 15) is 28.8 Å². The number of nitrogens with zero attached hydrogens (tertiary/aromatic N) is 4. The van der Waals surface area contributed by atoms with Gasteiger partial charge in [0.1, 0.15) is 11.1 Å². The lowest BCUT2D eigenvalue weighted by Gasteiger charge is -2.28. The van der Waals surface area contributed by atoms with Crippen molar-refractivity contribution in [3.63, 3.8) is 0 Å². The molecule has 3 aromatic rings. The molecule has 10 nitrogen and oxygen atoms in total. The molecule has 2 saturated heterocycles. The van der Waals surface area contributed by atoms with Crippen LogP contribution in [0.25, 0.3) is 31.7 Å². The van der Waals surface area contributed by atoms with Gasteiger partial charge in [-0.1, -0.05) is 0 Å². The number of hydrogen-bond donors (Lipinski definition) is 0. The maximum atomic E-state index is 12.5. The Balaban J connectivity index is 1.40. The van der Waals surface area contributed by atoms with Crippen molar-refractivity contribution in [3.8, 4) is 19.5 Å². The molecule has 40 heavy (non-hydrogen) atoms. The summed E-state index contributed by atoms with van der Waals surface area (Å²) in [5.74, 6) is -2.55. The number of carbonyl (C=O) groups excluding carboxylic acids is 6. The van der Waals surface area contributed by atoms with Crippen LogP contribution in [0.2, 0.25) is 0 Å². The number of aryl methyl sites for hydroxylation is 1. The van der Waals surface area contributed by atoms with E-state index in [-0.39, 0.29) is 11.1 Å². The van der Waals surface area contributed by atoms with Crippen molar-refractivity contribution < 1.29 is 28.8 Å². The monoisotopic (exact) mass is 594 g/mol. The minimum atomic E-state index is -0.666. The summed E-state index contributed by atoms with van der Waals surface area (Å²) in [4.78, 5) is 83.1. The summed E-state index contributed by atoms with van der Waals surface area (Å²) in [5, 5.41) is 0. The van der Waals surface area contributed by atoms with E-state index in [1.54, 1.807) is 11.3 Å². The minimum Gasteiger partial charge on any atom is -0.268 e. The van der Waals surface area contributed by atoms with Crippen LogP contribution in [0.1, 0.15) is 15.3 Å². The molecule has 0 bridgehead atoms. The van der Waals surface area contributed by atoms with E-state index in [1.165, 1.54) is 63.0 Å². The average molecular weight is 595 g/mol. The number of hydrogen-bond acceptors (Lipinski definition) is 9. The molecule has 5 rings (SSSR count). The van der Waals surface area contributed by atoms with E-state index >= 15 is 0 Å². The fourth-order valence-electron chi connectivity index (χ4n) is 4.20. The first-order valence-electron chi connectivity index (χ1n) is 11.8. The molecule has 13 heteroatoms. The molecule has 0 aromatic carbocycles. The van der Waals surface area contributed by atoms with Gasteiger partial charge < -0.3 is 0 Å². The van der Waals surface area contributed by atoms with Gasteiger partial charge in [-0.3, -0.25) is 38.8 Å². The summed E-state index contributed by atoms with van der Waals surface area (Å²) >= 11 is 4.43. The highest BCUT2D eigenvalue weighted by molar-refractivity contribution is 7.27. The summed E-state index contributed by atoms with van der Waals surface area (Å²) in [6.07, 6.45) is 3.02. The number of thiophene rings is 3. The lowest BCUT2D eigenvalue weighted by atomic mass is 10.1. The van der Waals surface area contributed by atoms with E-state index in [4.69, 9.17) is 0 Å². The van der Waals surface area contributed by atoms with Crippen molar-refractivity contribution in [1.82, 2.24) is 19.6 Å². The molecule has 8 amide bonds. The Labute approximate surface area is 241 Å². The molecule has 0 atom stereocenters. The van der Waals surface area contributed by atoms with Gasteiger partial charge in [0.2, 0.25) is 0 Å². The molecule has 0 spiro atoms. The number of amides is 8. The first-order valence-corrected chi connectivity index (χ1v) is 14.3. The molecule has 0 saturated carbocycles. The van der Waals surface area contributed by atoms with Crippen molar-refractivity contribution in [3.05, 3.63) is 56.8 Å². The number of urea groups is 2. The van der Waals surface area contributed by atoms with Gasteiger partial charge in [-0.05, 0) is 55.0 Å². The predicted molar refractivity (Wildman–Crippen MR) is 154 cm³/mol. The molecule has 5 heterocycles. The van der Waals surface area contributed by atoms with Gasteiger partial charge in [0.05, 0.1) is 0 Å². The highest BCUT2D eigenvalue weighted by atomic mass is 32.1. The van der Waals surface area contributed by atoms with Crippen LogP contribution < -0.4 is 0 Å². The van der Waals surface area contributed by atoms with Crippen LogP contribution in [0.3, 0.4) is 0 Å². The van der Waals surface area contributed by atoms with Crippen LogP contribution >= 0.6 is 34.0 Å². The Morgan fingerprint density at radius 1 is 0.550 bits per heavy atom. The molecule has 3 aromatic heterocycles. The number of imide groups is 4. The molecule has 2 aliphatic rings. The summed E-state index contributed by atoms with van der Waals surface area (Å²) in [6, 6.07) is 8.22. The molecule has 204 valence electrons. The van der Waals surface area contributed by atoms with Crippen molar-refractivity contribution in [1.29, 1.82) is 0 Å². The van der Waals surface area contributed by atoms with Gasteiger partial charge in [-0.15, -0.1) is 34.0 Å². The van der Waals surface area contributed by atoms with Gasteiger partial charge >= 0.3 is 12.1 Å². The molecule has 2 fully saturated rings. The van der Waals surface area contributed by atoms with E-state index in [0.29, 0.717) is 9.75 Å². The molecule has 2 aliphatic heterocycles. The first kappa shape index (κ1) is 27.4. The Morgan fingerprint density at radius 2 is 0.950 bits per heavy atom. The van der Waals surface area contributed by atoms with Crippen LogP contribution in [0.5, 0.6) is 0 Å². The third kappa shape index (κ3) is 4.51. The highest BCUT2D eigenvalue weighted by Crippen LogP contribution is 2.43. The molecule has 0 unspecified atom stereocenters. The van der Waals surface area contributed by atoms with Gasteiger partial charge in [0, 0.05) is 57.5 Å². The lowest BCUT2D eigenvalue weighted by Crippen LogP contribution is -2.52. The quantitative estimate of drug-likeness (QED) is 0.327. The second-order valence-electron chi connectivity index (χ2n) is 9.16. The largest absolute Gasteiger partial charge is 0.333 e. The summed E-state index contributed by atoms with van der Waals surface area (Å²) in [5.41, 5.74) is 0.903. The van der Waals surface area contributed by atoms with Crippen molar-refractivity contribution >= 4 is 81.9 Å². The van der Waals surface area contributed by atoms with E-state index < -0.39 is 35.7 Å². The Morgan fingerprint density at radius 3 is 1.40 bits per heavy atom.